The lowest BCUT2D eigenvalue weighted by Gasteiger charge is -2.71. The molecule has 5 fully saturated rings. The molecule has 47 heavy (non-hydrogen) atoms. The van der Waals surface area contributed by atoms with Gasteiger partial charge in [0.2, 0.25) is 5.91 Å². The first-order chi connectivity index (χ1) is 21.8. The number of hydrogen-bond acceptors (Lipinski definition) is 7. The molecule has 6 aliphatic rings. The summed E-state index contributed by atoms with van der Waals surface area (Å²) in [6.45, 7) is 17.6. The molecule has 0 unspecified atom stereocenters. The van der Waals surface area contributed by atoms with Crippen molar-refractivity contribution in [3.8, 4) is 0 Å². The zero-order chi connectivity index (χ0) is 34.5. The fourth-order valence-electron chi connectivity index (χ4n) is 12.8. The highest BCUT2D eigenvalue weighted by atomic mass is 16.7. The third kappa shape index (κ3) is 5.35. The standard InChI is InChI=1S/C38H61NO8/c1-20(41)39-29-31(43)30(42)25(19-40)46-33(29)47-28-13-14-36(6)26(35(28,4)5)12-16-38(8)27(36)10-9-24-22-17-34(2,3)18-23(32(44)45)21(22)11-15-37(24,38)7/h9,21-23,25-31,33,40,42-43H,10-19H2,1-8H3,(H,39,41)(H,44,45)/t21-,22-,23-,25-,26-,27-,28+,29-,30-,31-,33+,36+,37-,38-/m1/s1. The predicted molar refractivity (Wildman–Crippen MR) is 177 cm³/mol. The molecule has 5 aliphatic carbocycles. The largest absolute Gasteiger partial charge is 0.481 e. The number of aliphatic carboxylic acids is 1. The lowest BCUT2D eigenvalue weighted by atomic mass is 9.34. The molecular formula is C38H61NO8. The Morgan fingerprint density at radius 3 is 2.30 bits per heavy atom. The van der Waals surface area contributed by atoms with Crippen molar-refractivity contribution in [1.82, 2.24) is 5.32 Å². The maximum absolute atomic E-state index is 12.5. The molecule has 1 aliphatic heterocycles. The van der Waals surface area contributed by atoms with Crippen LogP contribution in [-0.4, -0.2) is 75.7 Å². The van der Waals surface area contributed by atoms with E-state index in [1.165, 1.54) is 6.92 Å². The van der Waals surface area contributed by atoms with Gasteiger partial charge in [-0.15, -0.1) is 0 Å². The van der Waals surface area contributed by atoms with Crippen molar-refractivity contribution in [3.05, 3.63) is 11.6 Å². The summed E-state index contributed by atoms with van der Waals surface area (Å²) >= 11 is 0. The number of rotatable bonds is 5. The summed E-state index contributed by atoms with van der Waals surface area (Å²) in [6, 6.07) is -0.952. The molecule has 1 amide bonds. The predicted octanol–water partition coefficient (Wildman–Crippen LogP) is 5.06. The molecule has 4 saturated carbocycles. The first-order valence-electron chi connectivity index (χ1n) is 18.3. The highest BCUT2D eigenvalue weighted by Gasteiger charge is 2.68. The minimum absolute atomic E-state index is 0.0133. The number of nitrogens with one attached hydrogen (secondary N) is 1. The van der Waals surface area contributed by atoms with Crippen LogP contribution in [0.1, 0.15) is 113 Å². The fraction of sp³-hybridized carbons (Fsp3) is 0.895. The summed E-state index contributed by atoms with van der Waals surface area (Å²) in [5.74, 6) is 0.187. The molecule has 1 saturated heterocycles. The van der Waals surface area contributed by atoms with Gasteiger partial charge < -0.3 is 35.2 Å². The summed E-state index contributed by atoms with van der Waals surface area (Å²) in [4.78, 5) is 24.5. The molecule has 0 bridgehead atoms. The van der Waals surface area contributed by atoms with Crippen molar-refractivity contribution in [2.24, 2.45) is 56.7 Å². The van der Waals surface area contributed by atoms with Gasteiger partial charge in [0.05, 0.1) is 18.6 Å². The lowest BCUT2D eigenvalue weighted by molar-refractivity contribution is -0.306. The molecule has 14 atom stereocenters. The highest BCUT2D eigenvalue weighted by Crippen LogP contribution is 2.75. The SMILES string of the molecule is CC(=O)N[C@H]1[C@H](O[C@H]2CC[C@@]3(C)[C@H](CC[C@]4(C)[C@@H]3CC=C3[C@@H]5CC(C)(C)C[C@@H](C(=O)O)[C@@H]5CC[C@]34C)C2(C)C)O[C@H](CO)[C@@H](O)[C@@H]1O. The number of hydrogen-bond donors (Lipinski definition) is 5. The van der Waals surface area contributed by atoms with Crippen LogP contribution in [0.2, 0.25) is 0 Å². The van der Waals surface area contributed by atoms with E-state index in [0.717, 1.165) is 57.8 Å². The van der Waals surface area contributed by atoms with E-state index in [-0.39, 0.29) is 50.9 Å². The Balaban J connectivity index is 1.27. The molecule has 9 heteroatoms. The number of allylic oxidation sites excluding steroid dienone is 2. The second-order valence-electron chi connectivity index (χ2n) is 18.5. The topological polar surface area (TPSA) is 146 Å². The summed E-state index contributed by atoms with van der Waals surface area (Å²) in [5.41, 5.74) is 1.55. The molecule has 0 aromatic rings. The van der Waals surface area contributed by atoms with Crippen LogP contribution in [-0.2, 0) is 19.1 Å². The monoisotopic (exact) mass is 659 g/mol. The molecular weight excluding hydrogens is 598 g/mol. The van der Waals surface area contributed by atoms with Gasteiger partial charge in [0, 0.05) is 6.92 Å². The van der Waals surface area contributed by atoms with Gasteiger partial charge in [-0.2, -0.15) is 0 Å². The average molecular weight is 660 g/mol. The van der Waals surface area contributed by atoms with Crippen LogP contribution in [0, 0.1) is 56.7 Å². The fourth-order valence-corrected chi connectivity index (χ4v) is 12.8. The quantitative estimate of drug-likeness (QED) is 0.204. The minimum Gasteiger partial charge on any atom is -0.481 e. The van der Waals surface area contributed by atoms with Crippen LogP contribution in [0.15, 0.2) is 11.6 Å². The lowest BCUT2D eigenvalue weighted by Crippen LogP contribution is -2.67. The Kier molecular flexibility index (Phi) is 8.85. The van der Waals surface area contributed by atoms with Crippen molar-refractivity contribution in [1.29, 1.82) is 0 Å². The number of carboxylic acid groups (broad SMARTS) is 1. The number of carbonyl (C=O) groups is 2. The zero-order valence-electron chi connectivity index (χ0n) is 29.9. The van der Waals surface area contributed by atoms with Crippen molar-refractivity contribution >= 4 is 11.9 Å². The van der Waals surface area contributed by atoms with Gasteiger partial charge in [0.15, 0.2) is 6.29 Å². The molecule has 5 N–H and O–H groups in total. The average Bonchev–Trinajstić information content (AvgIpc) is 2.97. The Hall–Kier alpha value is -1.52. The smallest absolute Gasteiger partial charge is 0.306 e. The summed E-state index contributed by atoms with van der Waals surface area (Å²) in [7, 11) is 0. The zero-order valence-corrected chi connectivity index (χ0v) is 29.9. The number of ether oxygens (including phenoxy) is 2. The minimum atomic E-state index is -1.34. The molecule has 266 valence electrons. The van der Waals surface area contributed by atoms with Gasteiger partial charge in [-0.05, 0) is 109 Å². The van der Waals surface area contributed by atoms with Gasteiger partial charge in [0.1, 0.15) is 24.4 Å². The van der Waals surface area contributed by atoms with Crippen LogP contribution in [0.4, 0.5) is 0 Å². The first-order valence-corrected chi connectivity index (χ1v) is 18.3. The van der Waals surface area contributed by atoms with Crippen molar-refractivity contribution in [2.75, 3.05) is 6.61 Å². The summed E-state index contributed by atoms with van der Waals surface area (Å²) < 4.78 is 12.7. The molecule has 0 radical (unpaired) electrons. The molecule has 1 heterocycles. The van der Waals surface area contributed by atoms with Gasteiger partial charge in [0.25, 0.3) is 0 Å². The van der Waals surface area contributed by atoms with Gasteiger partial charge in [-0.3, -0.25) is 9.59 Å². The van der Waals surface area contributed by atoms with Gasteiger partial charge >= 0.3 is 5.97 Å². The number of amides is 1. The highest BCUT2D eigenvalue weighted by molar-refractivity contribution is 5.73. The van der Waals surface area contributed by atoms with Gasteiger partial charge in [-0.25, -0.2) is 0 Å². The molecule has 0 spiro atoms. The van der Waals surface area contributed by atoms with E-state index in [4.69, 9.17) is 9.47 Å². The Morgan fingerprint density at radius 2 is 1.66 bits per heavy atom. The van der Waals surface area contributed by atoms with Gasteiger partial charge in [-0.1, -0.05) is 60.1 Å². The van der Waals surface area contributed by atoms with Crippen LogP contribution in [0.25, 0.3) is 0 Å². The van der Waals surface area contributed by atoms with E-state index < -0.39 is 43.2 Å². The summed E-state index contributed by atoms with van der Waals surface area (Å²) in [5, 5.41) is 44.3. The maximum Gasteiger partial charge on any atom is 0.306 e. The summed E-state index contributed by atoms with van der Waals surface area (Å²) in [6.07, 6.45) is 6.55. The second kappa shape index (κ2) is 11.8. The molecule has 0 aromatic heterocycles. The van der Waals surface area contributed by atoms with E-state index >= 15 is 0 Å². The van der Waals surface area contributed by atoms with Crippen LogP contribution in [0.3, 0.4) is 0 Å². The number of carboxylic acids is 1. The van der Waals surface area contributed by atoms with E-state index in [1.54, 1.807) is 5.57 Å². The third-order valence-electron chi connectivity index (χ3n) is 15.3. The first kappa shape index (κ1) is 35.3. The number of aliphatic hydroxyl groups excluding tert-OH is 3. The number of fused-ring (bicyclic) bond motifs is 7. The second-order valence-corrected chi connectivity index (χ2v) is 18.5. The van der Waals surface area contributed by atoms with Crippen molar-refractivity contribution < 1.29 is 39.5 Å². The molecule has 9 nitrogen and oxygen atoms in total. The molecule has 0 aromatic carbocycles. The van der Waals surface area contributed by atoms with E-state index in [9.17, 15) is 30.0 Å². The van der Waals surface area contributed by atoms with Crippen LogP contribution < -0.4 is 5.32 Å². The van der Waals surface area contributed by atoms with Crippen LogP contribution >= 0.6 is 0 Å². The van der Waals surface area contributed by atoms with E-state index in [1.807, 2.05) is 0 Å². The van der Waals surface area contributed by atoms with E-state index in [0.29, 0.717) is 17.8 Å². The third-order valence-corrected chi connectivity index (χ3v) is 15.3. The normalized spacial score (nSPS) is 50.1. The Bertz CT molecular complexity index is 1280. The Morgan fingerprint density at radius 1 is 0.957 bits per heavy atom. The number of carbonyl (C=O) groups excluding carboxylic acids is 1. The Labute approximate surface area is 281 Å². The van der Waals surface area contributed by atoms with Crippen LogP contribution in [0.5, 0.6) is 0 Å². The number of aliphatic hydroxyl groups is 3. The van der Waals surface area contributed by atoms with E-state index in [2.05, 4.69) is 59.9 Å². The van der Waals surface area contributed by atoms with Crippen molar-refractivity contribution in [3.63, 3.8) is 0 Å². The van der Waals surface area contributed by atoms with Crippen molar-refractivity contribution in [2.45, 2.75) is 150 Å². The molecule has 6 rings (SSSR count). The maximum atomic E-state index is 12.5.